The van der Waals surface area contributed by atoms with Gasteiger partial charge in [0.05, 0.1) is 18.0 Å². The maximum absolute atomic E-state index is 8.67. The number of nitrogens with one attached hydrogen (secondary N) is 1. The molecular formula is C11H15N5. The van der Waals surface area contributed by atoms with Gasteiger partial charge < -0.3 is 10.2 Å². The van der Waals surface area contributed by atoms with Crippen LogP contribution < -0.4 is 10.2 Å². The molecule has 1 fully saturated rings. The van der Waals surface area contributed by atoms with Gasteiger partial charge in [0.15, 0.2) is 0 Å². The number of piperazine rings is 1. The van der Waals surface area contributed by atoms with Crippen molar-refractivity contribution in [1.29, 1.82) is 5.26 Å². The zero-order valence-corrected chi connectivity index (χ0v) is 9.51. The van der Waals surface area contributed by atoms with Crippen LogP contribution in [0.4, 0.5) is 5.95 Å². The highest BCUT2D eigenvalue weighted by Gasteiger charge is 2.22. The van der Waals surface area contributed by atoms with Crippen molar-refractivity contribution in [1.82, 2.24) is 15.3 Å². The summed E-state index contributed by atoms with van der Waals surface area (Å²) in [6, 6.07) is 2.89. The first-order chi connectivity index (χ1) is 7.69. The molecule has 16 heavy (non-hydrogen) atoms. The molecule has 0 aliphatic carbocycles. The summed E-state index contributed by atoms with van der Waals surface area (Å²) >= 11 is 0. The maximum atomic E-state index is 8.67. The summed E-state index contributed by atoms with van der Waals surface area (Å²) in [5.41, 5.74) is 0.500. The fraction of sp³-hybridized carbons (Fsp3) is 0.545. The highest BCUT2D eigenvalue weighted by Crippen LogP contribution is 2.12. The van der Waals surface area contributed by atoms with Crippen molar-refractivity contribution >= 4 is 5.95 Å². The lowest BCUT2D eigenvalue weighted by atomic mass is 10.1. The molecule has 1 aromatic heterocycles. The number of nitriles is 1. The van der Waals surface area contributed by atoms with E-state index in [4.69, 9.17) is 5.26 Å². The molecule has 1 aliphatic rings. The third kappa shape index (κ3) is 2.28. The summed E-state index contributed by atoms with van der Waals surface area (Å²) in [5, 5.41) is 12.1. The van der Waals surface area contributed by atoms with Gasteiger partial charge in [-0.15, -0.1) is 0 Å². The van der Waals surface area contributed by atoms with E-state index in [1.807, 2.05) is 6.07 Å². The smallest absolute Gasteiger partial charge is 0.225 e. The van der Waals surface area contributed by atoms with Crippen molar-refractivity contribution in [2.24, 2.45) is 0 Å². The molecule has 0 bridgehead atoms. The molecule has 1 saturated heterocycles. The zero-order chi connectivity index (χ0) is 11.5. The van der Waals surface area contributed by atoms with Gasteiger partial charge in [0.25, 0.3) is 0 Å². The van der Waals surface area contributed by atoms with Crippen molar-refractivity contribution in [2.75, 3.05) is 18.0 Å². The van der Waals surface area contributed by atoms with E-state index in [0.29, 0.717) is 23.6 Å². The van der Waals surface area contributed by atoms with Gasteiger partial charge in [-0.1, -0.05) is 0 Å². The van der Waals surface area contributed by atoms with Gasteiger partial charge in [-0.2, -0.15) is 5.26 Å². The largest absolute Gasteiger partial charge is 0.338 e. The number of hydrogen-bond acceptors (Lipinski definition) is 5. The predicted octanol–water partition coefficient (Wildman–Crippen LogP) is 0.535. The predicted molar refractivity (Wildman–Crippen MR) is 61.0 cm³/mol. The molecule has 84 valence electrons. The second-order valence-electron chi connectivity index (χ2n) is 4.26. The summed E-state index contributed by atoms with van der Waals surface area (Å²) < 4.78 is 0. The van der Waals surface area contributed by atoms with E-state index >= 15 is 0 Å². The van der Waals surface area contributed by atoms with Gasteiger partial charge in [0.2, 0.25) is 5.95 Å². The van der Waals surface area contributed by atoms with Crippen LogP contribution in [0.2, 0.25) is 0 Å². The quantitative estimate of drug-likeness (QED) is 0.743. The Morgan fingerprint density at radius 1 is 1.31 bits per heavy atom. The van der Waals surface area contributed by atoms with E-state index in [-0.39, 0.29) is 0 Å². The van der Waals surface area contributed by atoms with Crippen LogP contribution in [0.15, 0.2) is 12.4 Å². The first-order valence-electron chi connectivity index (χ1n) is 5.42. The molecular weight excluding hydrogens is 202 g/mol. The normalized spacial score (nSPS) is 25.2. The van der Waals surface area contributed by atoms with Gasteiger partial charge in [0, 0.05) is 25.2 Å². The number of anilines is 1. The Morgan fingerprint density at radius 2 is 1.88 bits per heavy atom. The SMILES string of the molecule is C[C@@H]1CN(c2ncc(C#N)cn2)C[C@@H](C)N1. The third-order valence-corrected chi connectivity index (χ3v) is 2.61. The Kier molecular flexibility index (Phi) is 3.02. The van der Waals surface area contributed by atoms with Gasteiger partial charge in [-0.25, -0.2) is 9.97 Å². The van der Waals surface area contributed by atoms with E-state index < -0.39 is 0 Å². The maximum Gasteiger partial charge on any atom is 0.225 e. The summed E-state index contributed by atoms with van der Waals surface area (Å²) in [5.74, 6) is 0.708. The van der Waals surface area contributed by atoms with Gasteiger partial charge in [-0.3, -0.25) is 0 Å². The van der Waals surface area contributed by atoms with Crippen LogP contribution in [0, 0.1) is 11.3 Å². The average Bonchev–Trinajstić information content (AvgIpc) is 2.28. The minimum Gasteiger partial charge on any atom is -0.338 e. The van der Waals surface area contributed by atoms with E-state index in [0.717, 1.165) is 13.1 Å². The Hall–Kier alpha value is -1.67. The highest BCUT2D eigenvalue weighted by molar-refractivity contribution is 5.34. The molecule has 2 heterocycles. The summed E-state index contributed by atoms with van der Waals surface area (Å²) in [6.07, 6.45) is 3.14. The van der Waals surface area contributed by atoms with Gasteiger partial charge in [-0.05, 0) is 13.8 Å². The summed E-state index contributed by atoms with van der Waals surface area (Å²) in [4.78, 5) is 10.6. The van der Waals surface area contributed by atoms with E-state index in [2.05, 4.69) is 34.0 Å². The molecule has 1 aromatic rings. The summed E-state index contributed by atoms with van der Waals surface area (Å²) in [7, 11) is 0. The van der Waals surface area contributed by atoms with Crippen molar-refractivity contribution in [3.05, 3.63) is 18.0 Å². The van der Waals surface area contributed by atoms with Crippen LogP contribution in [0.25, 0.3) is 0 Å². The lowest BCUT2D eigenvalue weighted by Crippen LogP contribution is -2.54. The molecule has 0 spiro atoms. The molecule has 0 saturated carbocycles. The minimum atomic E-state index is 0.433. The molecule has 0 aromatic carbocycles. The standard InChI is InChI=1S/C11H15N5/c1-8-6-16(7-9(2)15-8)11-13-4-10(3-12)5-14-11/h4-5,8-9,15H,6-7H2,1-2H3/t8-,9-/m1/s1. The van der Waals surface area contributed by atoms with Gasteiger partial charge >= 0.3 is 0 Å². The van der Waals surface area contributed by atoms with Crippen molar-refractivity contribution in [3.8, 4) is 6.07 Å². The summed E-state index contributed by atoms with van der Waals surface area (Å²) in [6.45, 7) is 6.09. The van der Waals surface area contributed by atoms with Gasteiger partial charge in [0.1, 0.15) is 6.07 Å². The zero-order valence-electron chi connectivity index (χ0n) is 9.51. The molecule has 0 radical (unpaired) electrons. The lowest BCUT2D eigenvalue weighted by Gasteiger charge is -2.36. The van der Waals surface area contributed by atoms with E-state index in [1.165, 1.54) is 0 Å². The van der Waals surface area contributed by atoms with Crippen molar-refractivity contribution in [3.63, 3.8) is 0 Å². The molecule has 1 aliphatic heterocycles. The van der Waals surface area contributed by atoms with E-state index in [1.54, 1.807) is 12.4 Å². The molecule has 2 atom stereocenters. The van der Waals surface area contributed by atoms with Crippen LogP contribution in [-0.4, -0.2) is 35.1 Å². The Morgan fingerprint density at radius 3 is 2.38 bits per heavy atom. The average molecular weight is 217 g/mol. The van der Waals surface area contributed by atoms with Crippen LogP contribution in [0.5, 0.6) is 0 Å². The molecule has 0 amide bonds. The fourth-order valence-electron chi connectivity index (χ4n) is 2.03. The molecule has 0 unspecified atom stereocenters. The van der Waals surface area contributed by atoms with Crippen LogP contribution in [0.3, 0.4) is 0 Å². The van der Waals surface area contributed by atoms with Crippen LogP contribution in [-0.2, 0) is 0 Å². The topological polar surface area (TPSA) is 64.8 Å². The van der Waals surface area contributed by atoms with E-state index in [9.17, 15) is 0 Å². The number of nitrogens with zero attached hydrogens (tertiary/aromatic N) is 4. The second kappa shape index (κ2) is 4.45. The third-order valence-electron chi connectivity index (χ3n) is 2.61. The Balaban J connectivity index is 2.14. The first-order valence-corrected chi connectivity index (χ1v) is 5.42. The minimum absolute atomic E-state index is 0.433. The van der Waals surface area contributed by atoms with Crippen LogP contribution in [0.1, 0.15) is 19.4 Å². The van der Waals surface area contributed by atoms with Crippen molar-refractivity contribution in [2.45, 2.75) is 25.9 Å². The number of aromatic nitrogens is 2. The van der Waals surface area contributed by atoms with Crippen LogP contribution >= 0.6 is 0 Å². The Bertz CT molecular complexity index is 384. The monoisotopic (exact) mass is 217 g/mol. The molecule has 1 N–H and O–H groups in total. The highest BCUT2D eigenvalue weighted by atomic mass is 15.3. The molecule has 5 nitrogen and oxygen atoms in total. The Labute approximate surface area is 95.1 Å². The fourth-order valence-corrected chi connectivity index (χ4v) is 2.03. The lowest BCUT2D eigenvalue weighted by molar-refractivity contribution is 0.403. The first kappa shape index (κ1) is 10.8. The number of hydrogen-bond donors (Lipinski definition) is 1. The molecule has 5 heteroatoms. The second-order valence-corrected chi connectivity index (χ2v) is 4.26. The molecule has 2 rings (SSSR count). The van der Waals surface area contributed by atoms with Crippen molar-refractivity contribution < 1.29 is 0 Å². The number of rotatable bonds is 1.